The van der Waals surface area contributed by atoms with Gasteiger partial charge in [-0.15, -0.1) is 0 Å². The first-order chi connectivity index (χ1) is 11.7. The zero-order valence-corrected chi connectivity index (χ0v) is 15.1. The van der Waals surface area contributed by atoms with E-state index in [1.807, 2.05) is 27.7 Å². The second-order valence-electron chi connectivity index (χ2n) is 7.12. The number of carboxylic acids is 1. The number of ketones is 1. The molecule has 0 radical (unpaired) electrons. The summed E-state index contributed by atoms with van der Waals surface area (Å²) in [5, 5.41) is 8.73. The number of carboxylic acid groups (broad SMARTS) is 1. The van der Waals surface area contributed by atoms with Gasteiger partial charge in [0, 0.05) is 18.5 Å². The van der Waals surface area contributed by atoms with Gasteiger partial charge in [-0.2, -0.15) is 0 Å². The molecule has 136 valence electrons. The minimum absolute atomic E-state index is 0.0344. The van der Waals surface area contributed by atoms with E-state index in [1.165, 1.54) is 0 Å². The van der Waals surface area contributed by atoms with Gasteiger partial charge < -0.3 is 14.7 Å². The minimum atomic E-state index is -1.01. The van der Waals surface area contributed by atoms with E-state index in [-0.39, 0.29) is 36.4 Å². The van der Waals surface area contributed by atoms with Crippen molar-refractivity contribution in [1.82, 2.24) is 0 Å². The van der Waals surface area contributed by atoms with Gasteiger partial charge in [-0.3, -0.25) is 14.4 Å². The van der Waals surface area contributed by atoms with Crippen LogP contribution in [-0.2, 0) is 9.59 Å². The number of amides is 1. The summed E-state index contributed by atoms with van der Waals surface area (Å²) >= 11 is 0. The van der Waals surface area contributed by atoms with Crippen molar-refractivity contribution in [2.75, 3.05) is 11.4 Å². The summed E-state index contributed by atoms with van der Waals surface area (Å²) in [5.74, 6) is -0.500. The van der Waals surface area contributed by atoms with E-state index in [0.29, 0.717) is 23.5 Å². The van der Waals surface area contributed by atoms with Crippen LogP contribution in [-0.4, -0.2) is 35.4 Å². The van der Waals surface area contributed by atoms with E-state index in [9.17, 15) is 14.4 Å². The van der Waals surface area contributed by atoms with Crippen LogP contribution in [0.15, 0.2) is 18.2 Å². The standard InChI is InChI=1S/C19H25NO5/c1-11(2)10-20-14-9-13(15(21)6-8-17(22)23)5-7-16(14)25-18(12(3)4)19(20)24/h5,7,9,11-12,18H,6,8,10H2,1-4H3,(H,22,23). The highest BCUT2D eigenvalue weighted by atomic mass is 16.5. The van der Waals surface area contributed by atoms with Gasteiger partial charge in [-0.25, -0.2) is 0 Å². The molecule has 0 aromatic heterocycles. The van der Waals surface area contributed by atoms with Crippen LogP contribution in [0.4, 0.5) is 5.69 Å². The summed E-state index contributed by atoms with van der Waals surface area (Å²) in [4.78, 5) is 37.4. The fourth-order valence-corrected chi connectivity index (χ4v) is 2.80. The van der Waals surface area contributed by atoms with Crippen LogP contribution in [0.2, 0.25) is 0 Å². The molecule has 0 aliphatic carbocycles. The fraction of sp³-hybridized carbons (Fsp3) is 0.526. The first-order valence-corrected chi connectivity index (χ1v) is 8.57. The van der Waals surface area contributed by atoms with Crippen molar-refractivity contribution >= 4 is 23.3 Å². The van der Waals surface area contributed by atoms with Crippen molar-refractivity contribution in [3.05, 3.63) is 23.8 Å². The predicted octanol–water partition coefficient (Wildman–Crippen LogP) is 3.14. The lowest BCUT2D eigenvalue weighted by Crippen LogP contribution is -2.49. The van der Waals surface area contributed by atoms with Gasteiger partial charge in [-0.1, -0.05) is 27.7 Å². The van der Waals surface area contributed by atoms with Crippen LogP contribution in [0.25, 0.3) is 0 Å². The SMILES string of the molecule is CC(C)CN1C(=O)C(C(C)C)Oc2ccc(C(=O)CCC(=O)O)cc21. The first-order valence-electron chi connectivity index (χ1n) is 8.57. The Morgan fingerprint density at radius 1 is 1.20 bits per heavy atom. The number of ether oxygens (including phenoxy) is 1. The van der Waals surface area contributed by atoms with Crippen molar-refractivity contribution < 1.29 is 24.2 Å². The van der Waals surface area contributed by atoms with Gasteiger partial charge in [-0.05, 0) is 30.0 Å². The number of aliphatic carboxylic acids is 1. The van der Waals surface area contributed by atoms with E-state index < -0.39 is 12.1 Å². The Morgan fingerprint density at radius 3 is 2.44 bits per heavy atom. The van der Waals surface area contributed by atoms with E-state index in [2.05, 4.69) is 0 Å². The van der Waals surface area contributed by atoms with Crippen LogP contribution < -0.4 is 9.64 Å². The Hall–Kier alpha value is -2.37. The second kappa shape index (κ2) is 7.68. The van der Waals surface area contributed by atoms with Gasteiger partial charge in [0.05, 0.1) is 12.1 Å². The number of Topliss-reactive ketones (excluding diaryl/α,β-unsaturated/α-hetero) is 1. The zero-order valence-electron chi connectivity index (χ0n) is 15.1. The molecule has 1 heterocycles. The lowest BCUT2D eigenvalue weighted by Gasteiger charge is -2.37. The highest BCUT2D eigenvalue weighted by Gasteiger charge is 2.36. The van der Waals surface area contributed by atoms with Gasteiger partial charge in [0.2, 0.25) is 0 Å². The quantitative estimate of drug-likeness (QED) is 0.766. The van der Waals surface area contributed by atoms with E-state index in [0.717, 1.165) is 0 Å². The third-order valence-electron chi connectivity index (χ3n) is 4.05. The van der Waals surface area contributed by atoms with E-state index in [1.54, 1.807) is 23.1 Å². The maximum Gasteiger partial charge on any atom is 0.303 e. The zero-order chi connectivity index (χ0) is 18.7. The van der Waals surface area contributed by atoms with Crippen molar-refractivity contribution in [2.45, 2.75) is 46.6 Å². The Morgan fingerprint density at radius 2 is 1.88 bits per heavy atom. The molecule has 0 bridgehead atoms. The van der Waals surface area contributed by atoms with Crippen molar-refractivity contribution in [1.29, 1.82) is 0 Å². The first kappa shape index (κ1) is 19.0. The van der Waals surface area contributed by atoms with Crippen LogP contribution in [0.1, 0.15) is 50.9 Å². The summed E-state index contributed by atoms with van der Waals surface area (Å²) in [7, 11) is 0. The smallest absolute Gasteiger partial charge is 0.303 e. The Kier molecular flexibility index (Phi) is 5.82. The molecule has 1 atom stereocenters. The monoisotopic (exact) mass is 347 g/mol. The number of nitrogens with zero attached hydrogens (tertiary/aromatic N) is 1. The number of fused-ring (bicyclic) bond motifs is 1. The highest BCUT2D eigenvalue weighted by Crippen LogP contribution is 2.37. The molecule has 2 rings (SSSR count). The molecule has 1 unspecified atom stereocenters. The number of carbonyl (C=O) groups excluding carboxylic acids is 2. The van der Waals surface area contributed by atoms with Crippen LogP contribution in [0, 0.1) is 11.8 Å². The summed E-state index contributed by atoms with van der Waals surface area (Å²) < 4.78 is 5.85. The molecule has 6 heteroatoms. The molecule has 1 amide bonds. The lowest BCUT2D eigenvalue weighted by molar-refractivity contribution is -0.137. The number of rotatable bonds is 7. The van der Waals surface area contributed by atoms with Gasteiger partial charge in [0.15, 0.2) is 11.9 Å². The van der Waals surface area contributed by atoms with Crippen LogP contribution in [0.5, 0.6) is 5.75 Å². The summed E-state index contributed by atoms with van der Waals surface area (Å²) in [5.41, 5.74) is 0.977. The summed E-state index contributed by atoms with van der Waals surface area (Å²) in [6, 6.07) is 4.96. The van der Waals surface area contributed by atoms with Gasteiger partial charge in [0.25, 0.3) is 5.91 Å². The van der Waals surface area contributed by atoms with E-state index in [4.69, 9.17) is 9.84 Å². The molecule has 1 aromatic carbocycles. The van der Waals surface area contributed by atoms with Crippen molar-refractivity contribution in [3.63, 3.8) is 0 Å². The van der Waals surface area contributed by atoms with Gasteiger partial charge >= 0.3 is 5.97 Å². The maximum atomic E-state index is 12.8. The molecule has 1 aliphatic heterocycles. The third kappa shape index (κ3) is 4.38. The topological polar surface area (TPSA) is 83.9 Å². The summed E-state index contributed by atoms with van der Waals surface area (Å²) in [6.45, 7) is 8.45. The molecule has 0 spiro atoms. The van der Waals surface area contributed by atoms with Crippen LogP contribution in [0.3, 0.4) is 0 Å². The molecule has 25 heavy (non-hydrogen) atoms. The molecule has 1 aromatic rings. The molecule has 0 saturated heterocycles. The molecule has 1 N–H and O–H groups in total. The number of hydrogen-bond donors (Lipinski definition) is 1. The Bertz CT molecular complexity index is 680. The Labute approximate surface area is 147 Å². The second-order valence-corrected chi connectivity index (χ2v) is 7.12. The molecular weight excluding hydrogens is 322 g/mol. The van der Waals surface area contributed by atoms with Crippen molar-refractivity contribution in [2.24, 2.45) is 11.8 Å². The average molecular weight is 347 g/mol. The number of benzene rings is 1. The third-order valence-corrected chi connectivity index (χ3v) is 4.05. The molecule has 1 aliphatic rings. The Balaban J connectivity index is 2.36. The van der Waals surface area contributed by atoms with Crippen LogP contribution >= 0.6 is 0 Å². The molecule has 0 fully saturated rings. The molecule has 6 nitrogen and oxygen atoms in total. The predicted molar refractivity (Wildman–Crippen MR) is 94.1 cm³/mol. The molecular formula is C19H25NO5. The maximum absolute atomic E-state index is 12.8. The number of anilines is 1. The normalized spacial score (nSPS) is 16.8. The summed E-state index contributed by atoms with van der Waals surface area (Å²) in [6.07, 6.45) is -0.821. The fourth-order valence-electron chi connectivity index (χ4n) is 2.80. The number of hydrogen-bond acceptors (Lipinski definition) is 4. The van der Waals surface area contributed by atoms with Gasteiger partial charge in [0.1, 0.15) is 5.75 Å². The largest absolute Gasteiger partial charge is 0.481 e. The minimum Gasteiger partial charge on any atom is -0.481 e. The lowest BCUT2D eigenvalue weighted by atomic mass is 9.99. The number of carbonyl (C=O) groups is 3. The average Bonchev–Trinajstić information content (AvgIpc) is 2.53. The molecule has 0 saturated carbocycles. The van der Waals surface area contributed by atoms with Crippen molar-refractivity contribution in [3.8, 4) is 5.75 Å². The van der Waals surface area contributed by atoms with E-state index >= 15 is 0 Å². The highest BCUT2D eigenvalue weighted by molar-refractivity contribution is 6.03.